The number of aromatic nitrogens is 4. The molecule has 10 nitrogen and oxygen atoms in total. The summed E-state index contributed by atoms with van der Waals surface area (Å²) in [6, 6.07) is -0.0961. The lowest BCUT2D eigenvalue weighted by Crippen LogP contribution is -2.45. The summed E-state index contributed by atoms with van der Waals surface area (Å²) in [4.78, 5) is 36.2. The Hall–Kier alpha value is -2.46. The van der Waals surface area contributed by atoms with E-state index in [-0.39, 0.29) is 17.3 Å². The Morgan fingerprint density at radius 2 is 1.50 bits per heavy atom. The van der Waals surface area contributed by atoms with Crippen LogP contribution in [0.4, 0.5) is 5.95 Å². The molecule has 1 unspecified atom stereocenters. The highest BCUT2D eigenvalue weighted by Crippen LogP contribution is 2.30. The van der Waals surface area contributed by atoms with Crippen LogP contribution in [0.25, 0.3) is 11.2 Å². The first-order valence-electron chi connectivity index (χ1n) is 11.9. The van der Waals surface area contributed by atoms with E-state index >= 15 is 0 Å². The van der Waals surface area contributed by atoms with Crippen molar-refractivity contribution >= 4 is 22.8 Å². The monoisotopic (exact) mass is 442 g/mol. The number of hydrogen-bond donors (Lipinski definition) is 0. The first kappa shape index (κ1) is 21.4. The van der Waals surface area contributed by atoms with Crippen LogP contribution >= 0.6 is 0 Å². The quantitative estimate of drug-likeness (QED) is 0.714. The maximum atomic E-state index is 13.7. The largest absolute Gasteiger partial charge is 0.333 e. The fourth-order valence-electron chi connectivity index (χ4n) is 5.19. The van der Waals surface area contributed by atoms with Crippen molar-refractivity contribution < 1.29 is 0 Å². The van der Waals surface area contributed by atoms with Crippen LogP contribution < -0.4 is 16.3 Å². The zero-order chi connectivity index (χ0) is 22.4. The molecule has 32 heavy (non-hydrogen) atoms. The minimum absolute atomic E-state index is 0.0961. The average Bonchev–Trinajstić information content (AvgIpc) is 3.22. The third kappa shape index (κ3) is 3.59. The lowest BCUT2D eigenvalue weighted by atomic mass is 10.1. The standard InChI is InChI=1S/C22H34N8O2/c1-16-17(2)30-18-19(23-21(30)29(24-16)15-27-12-8-5-9-13-27)25(3)22(32)28(20(18)31)14-26-10-6-4-7-11-26/h17H,4-15H2,1-3H3. The molecular formula is C22H34N8O2. The van der Waals surface area contributed by atoms with Gasteiger partial charge in [0.1, 0.15) is 0 Å². The van der Waals surface area contributed by atoms with Crippen LogP contribution in [0.15, 0.2) is 14.7 Å². The molecule has 0 N–H and O–H groups in total. The van der Waals surface area contributed by atoms with E-state index in [4.69, 9.17) is 10.1 Å². The molecule has 2 saturated heterocycles. The van der Waals surface area contributed by atoms with Crippen LogP contribution in [0, 0.1) is 0 Å². The predicted octanol–water partition coefficient (Wildman–Crippen LogP) is 1.54. The minimum atomic E-state index is -0.309. The Kier molecular flexibility index (Phi) is 5.66. The summed E-state index contributed by atoms with van der Waals surface area (Å²) in [5.74, 6) is 0.645. The predicted molar refractivity (Wildman–Crippen MR) is 125 cm³/mol. The molecular weight excluding hydrogens is 408 g/mol. The van der Waals surface area contributed by atoms with Gasteiger partial charge < -0.3 is 0 Å². The lowest BCUT2D eigenvalue weighted by molar-refractivity contribution is 0.176. The maximum Gasteiger partial charge on any atom is 0.333 e. The molecule has 3 aliphatic heterocycles. The molecule has 0 saturated carbocycles. The number of hydrogen-bond acceptors (Lipinski definition) is 7. The molecule has 174 valence electrons. The van der Waals surface area contributed by atoms with Crippen LogP contribution in [-0.2, 0) is 13.7 Å². The molecule has 5 heterocycles. The number of piperidine rings is 2. The Morgan fingerprint density at radius 3 is 2.12 bits per heavy atom. The fraction of sp³-hybridized carbons (Fsp3) is 0.727. The van der Waals surface area contributed by atoms with Gasteiger partial charge in [0.05, 0.1) is 25.1 Å². The molecule has 2 fully saturated rings. The van der Waals surface area contributed by atoms with Gasteiger partial charge in [-0.2, -0.15) is 10.1 Å². The highest BCUT2D eigenvalue weighted by molar-refractivity contribution is 5.91. The van der Waals surface area contributed by atoms with Gasteiger partial charge in [0.15, 0.2) is 11.2 Å². The van der Waals surface area contributed by atoms with Crippen molar-refractivity contribution in [2.75, 3.05) is 37.9 Å². The number of anilines is 1. The van der Waals surface area contributed by atoms with E-state index in [9.17, 15) is 9.59 Å². The topological polar surface area (TPSA) is 83.9 Å². The van der Waals surface area contributed by atoms with Gasteiger partial charge >= 0.3 is 5.69 Å². The number of rotatable bonds is 4. The number of hydrazone groups is 1. The van der Waals surface area contributed by atoms with Crippen molar-refractivity contribution in [3.63, 3.8) is 0 Å². The number of aryl methyl sites for hydroxylation is 1. The number of imidazole rings is 1. The first-order valence-corrected chi connectivity index (χ1v) is 11.9. The van der Waals surface area contributed by atoms with E-state index < -0.39 is 0 Å². The van der Waals surface area contributed by atoms with Crippen molar-refractivity contribution in [3.8, 4) is 0 Å². The second kappa shape index (κ2) is 8.47. The Bertz CT molecular complexity index is 1150. The second-order valence-corrected chi connectivity index (χ2v) is 9.49. The molecule has 0 bridgehead atoms. The third-order valence-electron chi connectivity index (χ3n) is 7.23. The molecule has 0 spiro atoms. The van der Waals surface area contributed by atoms with Crippen LogP contribution in [0.2, 0.25) is 0 Å². The number of fused-ring (bicyclic) bond motifs is 3. The Morgan fingerprint density at radius 1 is 0.906 bits per heavy atom. The molecule has 0 aromatic carbocycles. The molecule has 3 aliphatic rings. The summed E-state index contributed by atoms with van der Waals surface area (Å²) >= 11 is 0. The third-order valence-corrected chi connectivity index (χ3v) is 7.23. The zero-order valence-corrected chi connectivity index (χ0v) is 19.5. The van der Waals surface area contributed by atoms with Gasteiger partial charge in [-0.3, -0.25) is 23.7 Å². The van der Waals surface area contributed by atoms with Crippen molar-refractivity contribution in [2.24, 2.45) is 12.1 Å². The van der Waals surface area contributed by atoms with E-state index in [2.05, 4.69) is 9.80 Å². The molecule has 1 atom stereocenters. The lowest BCUT2D eigenvalue weighted by Gasteiger charge is -2.34. The molecule has 5 rings (SSSR count). The zero-order valence-electron chi connectivity index (χ0n) is 19.5. The van der Waals surface area contributed by atoms with E-state index in [1.54, 1.807) is 7.05 Å². The average molecular weight is 443 g/mol. The summed E-state index contributed by atoms with van der Waals surface area (Å²) in [6.45, 7) is 8.94. The van der Waals surface area contributed by atoms with Crippen LogP contribution in [-0.4, -0.2) is 67.0 Å². The second-order valence-electron chi connectivity index (χ2n) is 9.49. The summed E-state index contributed by atoms with van der Waals surface area (Å²) < 4.78 is 4.88. The maximum absolute atomic E-state index is 13.7. The van der Waals surface area contributed by atoms with E-state index in [1.165, 1.54) is 34.8 Å². The van der Waals surface area contributed by atoms with Crippen molar-refractivity contribution in [3.05, 3.63) is 20.8 Å². The van der Waals surface area contributed by atoms with Gasteiger partial charge in [-0.05, 0) is 65.7 Å². The summed E-state index contributed by atoms with van der Waals surface area (Å²) in [5, 5.41) is 6.71. The Balaban J connectivity index is 1.60. The molecule has 2 aromatic heterocycles. The SMILES string of the molecule is CC1=NN(CN2CCCCC2)c2nc3c(c(=O)n(CN4CCCCC4)c(=O)n3C)n2C1C. The normalized spacial score (nSPS) is 22.9. The summed E-state index contributed by atoms with van der Waals surface area (Å²) in [6.07, 6.45) is 7.09. The smallest absolute Gasteiger partial charge is 0.294 e. The highest BCUT2D eigenvalue weighted by Gasteiger charge is 2.32. The molecule has 10 heteroatoms. The van der Waals surface area contributed by atoms with Crippen molar-refractivity contribution in [1.82, 2.24) is 28.5 Å². The minimum Gasteiger partial charge on any atom is -0.294 e. The van der Waals surface area contributed by atoms with E-state index in [0.29, 0.717) is 30.4 Å². The molecule has 0 radical (unpaired) electrons. The van der Waals surface area contributed by atoms with Crippen LogP contribution in [0.3, 0.4) is 0 Å². The van der Waals surface area contributed by atoms with E-state index in [1.807, 2.05) is 23.4 Å². The Labute approximate surface area is 187 Å². The van der Waals surface area contributed by atoms with Crippen molar-refractivity contribution in [2.45, 2.75) is 65.1 Å². The highest BCUT2D eigenvalue weighted by atomic mass is 16.2. The fourth-order valence-corrected chi connectivity index (χ4v) is 5.19. The van der Waals surface area contributed by atoms with Crippen molar-refractivity contribution in [1.29, 1.82) is 0 Å². The van der Waals surface area contributed by atoms with Crippen LogP contribution in [0.1, 0.15) is 58.4 Å². The molecule has 0 aliphatic carbocycles. The summed E-state index contributed by atoms with van der Waals surface area (Å²) in [7, 11) is 1.71. The molecule has 2 aromatic rings. The van der Waals surface area contributed by atoms with Gasteiger partial charge in [-0.15, -0.1) is 0 Å². The van der Waals surface area contributed by atoms with Crippen LogP contribution in [0.5, 0.6) is 0 Å². The van der Waals surface area contributed by atoms with Gasteiger partial charge in [0, 0.05) is 7.05 Å². The van der Waals surface area contributed by atoms with Gasteiger partial charge in [0.2, 0.25) is 5.95 Å². The van der Waals surface area contributed by atoms with Gasteiger partial charge in [0.25, 0.3) is 5.56 Å². The molecule has 0 amide bonds. The van der Waals surface area contributed by atoms with Gasteiger partial charge in [-0.1, -0.05) is 12.8 Å². The van der Waals surface area contributed by atoms with Gasteiger partial charge in [-0.25, -0.2) is 14.4 Å². The number of likely N-dealkylation sites (tertiary alicyclic amines) is 2. The first-order chi connectivity index (χ1) is 15.5. The van der Waals surface area contributed by atoms with E-state index in [0.717, 1.165) is 44.7 Å². The number of nitrogens with zero attached hydrogens (tertiary/aromatic N) is 8. The summed E-state index contributed by atoms with van der Waals surface area (Å²) in [5.41, 5.74) is 1.29.